The fourth-order valence-electron chi connectivity index (χ4n) is 1.54. The summed E-state index contributed by atoms with van der Waals surface area (Å²) in [6.45, 7) is 2.95. The lowest BCUT2D eigenvalue weighted by molar-refractivity contribution is -0.122. The number of nitrogens with two attached hydrogens (primary N) is 1. The van der Waals surface area contributed by atoms with Gasteiger partial charge in [-0.1, -0.05) is 0 Å². The summed E-state index contributed by atoms with van der Waals surface area (Å²) in [5.74, 6) is 0.702. The van der Waals surface area contributed by atoms with Crippen molar-refractivity contribution in [3.63, 3.8) is 0 Å². The summed E-state index contributed by atoms with van der Waals surface area (Å²) in [4.78, 5) is 11.6. The Morgan fingerprint density at radius 1 is 1.32 bits per heavy atom. The van der Waals surface area contributed by atoms with Gasteiger partial charge in [0.05, 0.1) is 13.0 Å². The third-order valence-corrected chi connectivity index (χ3v) is 2.64. The number of nitrogen functional groups attached to an aromatic ring is 1. The van der Waals surface area contributed by atoms with Crippen LogP contribution < -0.4 is 15.8 Å². The van der Waals surface area contributed by atoms with Gasteiger partial charge in [-0.25, -0.2) is 0 Å². The summed E-state index contributed by atoms with van der Waals surface area (Å²) >= 11 is 0. The summed E-state index contributed by atoms with van der Waals surface area (Å²) < 4.78 is 10.4. The Balaban J connectivity index is 2.18. The van der Waals surface area contributed by atoms with Gasteiger partial charge in [-0.15, -0.1) is 0 Å². The number of anilines is 1. The van der Waals surface area contributed by atoms with Crippen LogP contribution in [-0.2, 0) is 9.53 Å². The molecule has 0 aliphatic carbocycles. The van der Waals surface area contributed by atoms with E-state index >= 15 is 0 Å². The molecule has 0 aliphatic heterocycles. The highest BCUT2D eigenvalue weighted by Gasteiger charge is 2.07. The zero-order chi connectivity index (χ0) is 14.1. The number of benzene rings is 1. The fraction of sp³-hybridized carbons (Fsp3) is 0.500. The lowest BCUT2D eigenvalue weighted by atomic mass is 10.2. The van der Waals surface area contributed by atoms with Crippen LogP contribution in [0.1, 0.15) is 19.8 Å². The molecule has 19 heavy (non-hydrogen) atoms. The highest BCUT2D eigenvalue weighted by atomic mass is 16.5. The molecule has 0 aliphatic rings. The summed E-state index contributed by atoms with van der Waals surface area (Å²) in [6.07, 6.45) is 1.14. The zero-order valence-electron chi connectivity index (χ0n) is 11.5. The zero-order valence-corrected chi connectivity index (χ0v) is 11.5. The van der Waals surface area contributed by atoms with E-state index in [1.807, 2.05) is 6.92 Å². The maximum Gasteiger partial charge on any atom is 0.223 e. The van der Waals surface area contributed by atoms with E-state index in [1.165, 1.54) is 0 Å². The Kier molecular flexibility index (Phi) is 6.74. The maximum absolute atomic E-state index is 11.6. The molecule has 0 fully saturated rings. The molecule has 1 aromatic rings. The van der Waals surface area contributed by atoms with Crippen LogP contribution in [-0.4, -0.2) is 32.3 Å². The molecule has 106 valence electrons. The number of amides is 1. The molecular formula is C14H22N2O3. The maximum atomic E-state index is 11.6. The van der Waals surface area contributed by atoms with Crippen LogP contribution in [0.5, 0.6) is 5.75 Å². The molecule has 0 aromatic heterocycles. The van der Waals surface area contributed by atoms with Crippen molar-refractivity contribution in [2.45, 2.75) is 25.8 Å². The van der Waals surface area contributed by atoms with Gasteiger partial charge in [-0.2, -0.15) is 0 Å². The Labute approximate surface area is 114 Å². The largest absolute Gasteiger partial charge is 0.493 e. The first kappa shape index (κ1) is 15.3. The van der Waals surface area contributed by atoms with Crippen molar-refractivity contribution in [3.05, 3.63) is 24.3 Å². The summed E-state index contributed by atoms with van der Waals surface area (Å²) in [6, 6.07) is 7.22. The smallest absolute Gasteiger partial charge is 0.223 e. The second kappa shape index (κ2) is 8.37. The van der Waals surface area contributed by atoms with Crippen molar-refractivity contribution in [3.8, 4) is 5.75 Å². The van der Waals surface area contributed by atoms with Gasteiger partial charge in [0, 0.05) is 25.4 Å². The van der Waals surface area contributed by atoms with Crippen molar-refractivity contribution in [1.82, 2.24) is 5.32 Å². The molecule has 1 rings (SSSR count). The number of ether oxygens (including phenoxy) is 2. The van der Waals surface area contributed by atoms with Crippen LogP contribution in [0.2, 0.25) is 0 Å². The summed E-state index contributed by atoms with van der Waals surface area (Å²) in [5, 5.41) is 2.89. The number of methoxy groups -OCH3 is 1. The molecular weight excluding hydrogens is 244 g/mol. The summed E-state index contributed by atoms with van der Waals surface area (Å²) in [5.41, 5.74) is 6.26. The Morgan fingerprint density at radius 3 is 2.63 bits per heavy atom. The number of hydrogen-bond donors (Lipinski definition) is 2. The standard InChI is InChI=1S/C14H22N2O3/c1-11(7-9-18-2)16-14(17)8-10-19-13-5-3-12(15)4-6-13/h3-6,11H,7-10,15H2,1-2H3,(H,16,17). The van der Waals surface area contributed by atoms with Crippen LogP contribution in [0.15, 0.2) is 24.3 Å². The van der Waals surface area contributed by atoms with Crippen molar-refractivity contribution >= 4 is 11.6 Å². The summed E-state index contributed by atoms with van der Waals surface area (Å²) in [7, 11) is 1.65. The van der Waals surface area contributed by atoms with Gasteiger partial charge in [0.15, 0.2) is 0 Å². The van der Waals surface area contributed by atoms with E-state index < -0.39 is 0 Å². The highest BCUT2D eigenvalue weighted by Crippen LogP contribution is 2.13. The predicted molar refractivity (Wildman–Crippen MR) is 75.1 cm³/mol. The van der Waals surface area contributed by atoms with Crippen LogP contribution in [0.4, 0.5) is 5.69 Å². The Bertz CT molecular complexity index is 379. The van der Waals surface area contributed by atoms with E-state index in [0.29, 0.717) is 25.3 Å². The molecule has 0 spiro atoms. The molecule has 0 saturated carbocycles. The van der Waals surface area contributed by atoms with Crippen LogP contribution in [0.3, 0.4) is 0 Å². The van der Waals surface area contributed by atoms with Gasteiger partial charge in [0.2, 0.25) is 5.91 Å². The molecule has 0 radical (unpaired) electrons. The van der Waals surface area contributed by atoms with Gasteiger partial charge >= 0.3 is 0 Å². The first-order chi connectivity index (χ1) is 9.11. The van der Waals surface area contributed by atoms with Crippen molar-refractivity contribution in [2.24, 2.45) is 0 Å². The third kappa shape index (κ3) is 6.67. The first-order valence-corrected chi connectivity index (χ1v) is 6.38. The van der Waals surface area contributed by atoms with Crippen LogP contribution in [0, 0.1) is 0 Å². The second-order valence-electron chi connectivity index (χ2n) is 4.42. The lowest BCUT2D eigenvalue weighted by Gasteiger charge is -2.13. The molecule has 0 heterocycles. The average molecular weight is 266 g/mol. The van der Waals surface area contributed by atoms with Crippen LogP contribution in [0.25, 0.3) is 0 Å². The van der Waals surface area contributed by atoms with Gasteiger partial charge in [-0.3, -0.25) is 4.79 Å². The molecule has 0 saturated heterocycles. The first-order valence-electron chi connectivity index (χ1n) is 6.38. The molecule has 1 aromatic carbocycles. The molecule has 0 bridgehead atoms. The molecule has 3 N–H and O–H groups in total. The molecule has 1 unspecified atom stereocenters. The predicted octanol–water partition coefficient (Wildman–Crippen LogP) is 1.58. The number of rotatable bonds is 8. The van der Waals surface area contributed by atoms with Crippen molar-refractivity contribution < 1.29 is 14.3 Å². The second-order valence-corrected chi connectivity index (χ2v) is 4.42. The van der Waals surface area contributed by atoms with E-state index in [1.54, 1.807) is 31.4 Å². The van der Waals surface area contributed by atoms with Gasteiger partial charge < -0.3 is 20.5 Å². The molecule has 5 nitrogen and oxygen atoms in total. The molecule has 1 amide bonds. The topological polar surface area (TPSA) is 73.6 Å². The quantitative estimate of drug-likeness (QED) is 0.701. The van der Waals surface area contributed by atoms with Crippen molar-refractivity contribution in [2.75, 3.05) is 26.1 Å². The van der Waals surface area contributed by atoms with E-state index in [0.717, 1.165) is 12.2 Å². The Hall–Kier alpha value is -1.75. The minimum atomic E-state index is -0.0148. The minimum Gasteiger partial charge on any atom is -0.493 e. The number of carbonyl (C=O) groups is 1. The van der Waals surface area contributed by atoms with E-state index in [-0.39, 0.29) is 11.9 Å². The van der Waals surface area contributed by atoms with Gasteiger partial charge in [-0.05, 0) is 37.6 Å². The SMILES string of the molecule is COCCC(C)NC(=O)CCOc1ccc(N)cc1. The molecule has 1 atom stereocenters. The van der Waals surface area contributed by atoms with E-state index in [2.05, 4.69) is 5.32 Å². The lowest BCUT2D eigenvalue weighted by Crippen LogP contribution is -2.34. The van der Waals surface area contributed by atoms with Gasteiger partial charge in [0.25, 0.3) is 0 Å². The van der Waals surface area contributed by atoms with E-state index in [4.69, 9.17) is 15.2 Å². The Morgan fingerprint density at radius 2 is 2.00 bits per heavy atom. The number of nitrogens with one attached hydrogen (secondary N) is 1. The van der Waals surface area contributed by atoms with Crippen molar-refractivity contribution in [1.29, 1.82) is 0 Å². The van der Waals surface area contributed by atoms with E-state index in [9.17, 15) is 4.79 Å². The van der Waals surface area contributed by atoms with Crippen LogP contribution >= 0.6 is 0 Å². The average Bonchev–Trinajstić information content (AvgIpc) is 2.38. The number of hydrogen-bond acceptors (Lipinski definition) is 4. The fourth-order valence-corrected chi connectivity index (χ4v) is 1.54. The van der Waals surface area contributed by atoms with Gasteiger partial charge in [0.1, 0.15) is 5.75 Å². The normalized spacial score (nSPS) is 11.9. The third-order valence-electron chi connectivity index (χ3n) is 2.64. The number of carbonyl (C=O) groups excluding carboxylic acids is 1. The highest BCUT2D eigenvalue weighted by molar-refractivity contribution is 5.76. The monoisotopic (exact) mass is 266 g/mol. The molecule has 5 heteroatoms. The minimum absolute atomic E-state index is 0.0148.